The van der Waals surface area contributed by atoms with Gasteiger partial charge in [-0.2, -0.15) is 0 Å². The van der Waals surface area contributed by atoms with Crippen molar-refractivity contribution in [3.05, 3.63) is 11.1 Å². The highest BCUT2D eigenvalue weighted by Crippen LogP contribution is 2.25. The molecule has 0 bridgehead atoms. The molecule has 0 saturated carbocycles. The molecule has 0 aliphatic carbocycles. The fourth-order valence-corrected chi connectivity index (χ4v) is 3.05. The molecule has 1 aliphatic rings. The van der Waals surface area contributed by atoms with E-state index < -0.39 is 0 Å². The maximum Gasteiger partial charge on any atom is 0.311 e. The van der Waals surface area contributed by atoms with Gasteiger partial charge in [0.25, 0.3) is 0 Å². The van der Waals surface area contributed by atoms with Gasteiger partial charge >= 0.3 is 5.97 Å². The summed E-state index contributed by atoms with van der Waals surface area (Å²) in [6, 6.07) is 0. The van der Waals surface area contributed by atoms with Crippen molar-refractivity contribution in [1.82, 2.24) is 4.98 Å². The Kier molecular flexibility index (Phi) is 5.15. The summed E-state index contributed by atoms with van der Waals surface area (Å²) >= 11 is 1.58. The Morgan fingerprint density at radius 1 is 1.63 bits per heavy atom. The number of hydrogen-bond donors (Lipinski definition) is 0. The summed E-state index contributed by atoms with van der Waals surface area (Å²) in [6.45, 7) is 4.11. The zero-order valence-corrected chi connectivity index (χ0v) is 12.2. The smallest absolute Gasteiger partial charge is 0.311 e. The molecule has 0 N–H and O–H groups in total. The van der Waals surface area contributed by atoms with Crippen LogP contribution in [0.5, 0.6) is 0 Å². The first-order valence-electron chi connectivity index (χ1n) is 6.60. The Hall–Kier alpha value is -1.14. The van der Waals surface area contributed by atoms with Crippen LogP contribution in [0.2, 0.25) is 0 Å². The number of carbonyl (C=O) groups excluding carboxylic acids is 1. The van der Waals surface area contributed by atoms with E-state index in [9.17, 15) is 4.79 Å². The van der Waals surface area contributed by atoms with Gasteiger partial charge in [-0.15, -0.1) is 11.3 Å². The molecule has 1 atom stereocenters. The number of rotatable bonds is 5. The highest BCUT2D eigenvalue weighted by molar-refractivity contribution is 7.13. The summed E-state index contributed by atoms with van der Waals surface area (Å²) in [4.78, 5) is 18.2. The SMILES string of the molecule is CCOC(=O)Cc1csc(N2CCCC(OC)C2)n1. The van der Waals surface area contributed by atoms with Gasteiger partial charge in [-0.05, 0) is 19.8 Å². The molecule has 0 aromatic carbocycles. The quantitative estimate of drug-likeness (QED) is 0.773. The van der Waals surface area contributed by atoms with Gasteiger partial charge in [0.05, 0.1) is 24.8 Å². The molecule has 0 spiro atoms. The molecule has 0 amide bonds. The van der Waals surface area contributed by atoms with Crippen LogP contribution < -0.4 is 4.90 Å². The molecule has 1 unspecified atom stereocenters. The van der Waals surface area contributed by atoms with Gasteiger partial charge in [-0.1, -0.05) is 0 Å². The van der Waals surface area contributed by atoms with Crippen LogP contribution in [-0.4, -0.2) is 43.9 Å². The number of ether oxygens (including phenoxy) is 2. The first kappa shape index (κ1) is 14.3. The maximum absolute atomic E-state index is 11.4. The lowest BCUT2D eigenvalue weighted by atomic mass is 10.1. The van der Waals surface area contributed by atoms with Crippen LogP contribution in [-0.2, 0) is 20.7 Å². The van der Waals surface area contributed by atoms with E-state index in [1.165, 1.54) is 0 Å². The predicted molar refractivity (Wildman–Crippen MR) is 74.7 cm³/mol. The number of nitrogens with zero attached hydrogens (tertiary/aromatic N) is 2. The zero-order chi connectivity index (χ0) is 13.7. The average Bonchev–Trinajstić information content (AvgIpc) is 2.87. The topological polar surface area (TPSA) is 51.7 Å². The molecule has 19 heavy (non-hydrogen) atoms. The molecule has 106 valence electrons. The van der Waals surface area contributed by atoms with Crippen LogP contribution in [0, 0.1) is 0 Å². The van der Waals surface area contributed by atoms with Crippen LogP contribution >= 0.6 is 11.3 Å². The normalized spacial score (nSPS) is 19.5. The molecule has 1 aromatic rings. The van der Waals surface area contributed by atoms with Crippen LogP contribution in [0.15, 0.2) is 5.38 Å². The number of piperidine rings is 1. The number of methoxy groups -OCH3 is 1. The molecule has 1 aliphatic heterocycles. The molecule has 1 fully saturated rings. The third-order valence-electron chi connectivity index (χ3n) is 3.15. The van der Waals surface area contributed by atoms with Crippen LogP contribution in [0.4, 0.5) is 5.13 Å². The summed E-state index contributed by atoms with van der Waals surface area (Å²) in [6.07, 6.45) is 2.76. The number of carbonyl (C=O) groups is 1. The maximum atomic E-state index is 11.4. The van der Waals surface area contributed by atoms with Crippen molar-refractivity contribution >= 4 is 22.4 Å². The second kappa shape index (κ2) is 6.86. The lowest BCUT2D eigenvalue weighted by Crippen LogP contribution is -2.39. The first-order chi connectivity index (χ1) is 9.22. The fraction of sp³-hybridized carbons (Fsp3) is 0.692. The number of aromatic nitrogens is 1. The predicted octanol–water partition coefficient (Wildman–Crippen LogP) is 1.86. The van der Waals surface area contributed by atoms with Crippen LogP contribution in [0.25, 0.3) is 0 Å². The summed E-state index contributed by atoms with van der Waals surface area (Å²) < 4.78 is 10.3. The van der Waals surface area contributed by atoms with Crippen LogP contribution in [0.1, 0.15) is 25.5 Å². The minimum Gasteiger partial charge on any atom is -0.466 e. The fourth-order valence-electron chi connectivity index (χ4n) is 2.19. The highest BCUT2D eigenvalue weighted by Gasteiger charge is 2.22. The standard InChI is InChI=1S/C13H20N2O3S/c1-3-18-12(16)7-10-9-19-13(14-10)15-6-4-5-11(8-15)17-2/h9,11H,3-8H2,1-2H3. The van der Waals surface area contributed by atoms with Gasteiger partial charge in [0.2, 0.25) is 0 Å². The monoisotopic (exact) mass is 284 g/mol. The molecule has 0 radical (unpaired) electrons. The van der Waals surface area contributed by atoms with E-state index in [0.717, 1.165) is 36.8 Å². The lowest BCUT2D eigenvalue weighted by Gasteiger charge is -2.31. The summed E-state index contributed by atoms with van der Waals surface area (Å²) in [7, 11) is 1.75. The van der Waals surface area contributed by atoms with Crippen molar-refractivity contribution in [2.75, 3.05) is 31.7 Å². The largest absolute Gasteiger partial charge is 0.466 e. The molecule has 1 saturated heterocycles. The molecular formula is C13H20N2O3S. The van der Waals surface area contributed by atoms with Gasteiger partial charge in [-0.3, -0.25) is 4.79 Å². The second-order valence-corrected chi connectivity index (χ2v) is 5.39. The molecule has 1 aromatic heterocycles. The molecule has 6 heteroatoms. The Balaban J connectivity index is 1.94. The third-order valence-corrected chi connectivity index (χ3v) is 4.10. The summed E-state index contributed by atoms with van der Waals surface area (Å²) in [5, 5.41) is 2.91. The first-order valence-corrected chi connectivity index (χ1v) is 7.48. The molecule has 5 nitrogen and oxygen atoms in total. The zero-order valence-electron chi connectivity index (χ0n) is 11.4. The number of anilines is 1. The van der Waals surface area contributed by atoms with Crippen LogP contribution in [0.3, 0.4) is 0 Å². The highest BCUT2D eigenvalue weighted by atomic mass is 32.1. The van der Waals surface area contributed by atoms with Gasteiger partial charge < -0.3 is 14.4 Å². The van der Waals surface area contributed by atoms with Gasteiger partial charge in [0.15, 0.2) is 5.13 Å². The number of hydrogen-bond acceptors (Lipinski definition) is 6. The lowest BCUT2D eigenvalue weighted by molar-refractivity contribution is -0.142. The van der Waals surface area contributed by atoms with E-state index in [1.54, 1.807) is 18.4 Å². The molecule has 2 rings (SSSR count). The van der Waals surface area contributed by atoms with Crippen molar-refractivity contribution in [3.8, 4) is 0 Å². The Morgan fingerprint density at radius 2 is 2.47 bits per heavy atom. The minimum absolute atomic E-state index is 0.215. The van der Waals surface area contributed by atoms with E-state index in [0.29, 0.717) is 6.61 Å². The average molecular weight is 284 g/mol. The Labute approximate surface area is 117 Å². The van der Waals surface area contributed by atoms with Crippen molar-refractivity contribution in [2.45, 2.75) is 32.3 Å². The Morgan fingerprint density at radius 3 is 3.21 bits per heavy atom. The van der Waals surface area contributed by atoms with E-state index in [4.69, 9.17) is 9.47 Å². The van der Waals surface area contributed by atoms with E-state index in [2.05, 4.69) is 9.88 Å². The van der Waals surface area contributed by atoms with Crippen molar-refractivity contribution in [1.29, 1.82) is 0 Å². The molecular weight excluding hydrogens is 264 g/mol. The summed E-state index contributed by atoms with van der Waals surface area (Å²) in [5.41, 5.74) is 0.790. The Bertz CT molecular complexity index is 422. The van der Waals surface area contributed by atoms with Crippen molar-refractivity contribution in [2.24, 2.45) is 0 Å². The molecule has 2 heterocycles. The third kappa shape index (κ3) is 3.91. The van der Waals surface area contributed by atoms with Crippen molar-refractivity contribution < 1.29 is 14.3 Å². The number of thiazole rings is 1. The van der Waals surface area contributed by atoms with Gasteiger partial charge in [0, 0.05) is 25.6 Å². The minimum atomic E-state index is -0.215. The van der Waals surface area contributed by atoms with Gasteiger partial charge in [-0.25, -0.2) is 4.98 Å². The van der Waals surface area contributed by atoms with E-state index >= 15 is 0 Å². The van der Waals surface area contributed by atoms with E-state index in [-0.39, 0.29) is 18.5 Å². The van der Waals surface area contributed by atoms with E-state index in [1.807, 2.05) is 12.3 Å². The number of esters is 1. The summed E-state index contributed by atoms with van der Waals surface area (Å²) in [5.74, 6) is -0.215. The van der Waals surface area contributed by atoms with Crippen molar-refractivity contribution in [3.63, 3.8) is 0 Å². The second-order valence-electron chi connectivity index (χ2n) is 4.55. The van der Waals surface area contributed by atoms with Gasteiger partial charge in [0.1, 0.15) is 0 Å².